The van der Waals surface area contributed by atoms with Gasteiger partial charge in [-0.3, -0.25) is 14.4 Å². The van der Waals surface area contributed by atoms with E-state index in [1.165, 1.54) is 19.2 Å². The van der Waals surface area contributed by atoms with Crippen LogP contribution in [0.4, 0.5) is 10.1 Å². The minimum atomic E-state index is -1.24. The number of allylic oxidation sites excluding steroid dienone is 1. The highest BCUT2D eigenvalue weighted by Gasteiger charge is 2.31. The van der Waals surface area contributed by atoms with Gasteiger partial charge in [-0.05, 0) is 79.1 Å². The number of aromatic nitrogens is 1. The number of aliphatic hydroxyl groups is 2. The van der Waals surface area contributed by atoms with Crippen molar-refractivity contribution in [1.29, 1.82) is 0 Å². The van der Waals surface area contributed by atoms with Crippen LogP contribution in [0.2, 0.25) is 0 Å². The third-order valence-corrected chi connectivity index (χ3v) is 9.22. The summed E-state index contributed by atoms with van der Waals surface area (Å²) in [5, 5.41) is 30.4. The molecule has 4 aromatic rings. The molecule has 5 N–H and O–H groups in total. The Bertz CT molecular complexity index is 1930. The number of nitrogens with zero attached hydrogens (tertiary/aromatic N) is 1. The van der Waals surface area contributed by atoms with Crippen LogP contribution in [0.3, 0.4) is 0 Å². The highest BCUT2D eigenvalue weighted by molar-refractivity contribution is 6.12. The largest absolute Gasteiger partial charge is 0.467 e. The van der Waals surface area contributed by atoms with E-state index in [4.69, 9.17) is 4.74 Å². The number of nitrogens with one attached hydrogen (secondary N) is 3. The Hall–Kier alpha value is -5.59. The summed E-state index contributed by atoms with van der Waals surface area (Å²) in [6.45, 7) is 6.27. The molecule has 0 fully saturated rings. The molecule has 0 saturated carbocycles. The van der Waals surface area contributed by atoms with Crippen molar-refractivity contribution in [1.82, 2.24) is 15.2 Å². The van der Waals surface area contributed by atoms with Crippen LogP contribution < -0.4 is 16.0 Å². The average molecular weight is 769 g/mol. The van der Waals surface area contributed by atoms with Gasteiger partial charge in [-0.15, -0.1) is 0 Å². The summed E-state index contributed by atoms with van der Waals surface area (Å²) < 4.78 is 21.1. The Morgan fingerprint density at radius 1 is 0.839 bits per heavy atom. The number of esters is 1. The fourth-order valence-corrected chi connectivity index (χ4v) is 6.65. The van der Waals surface area contributed by atoms with Crippen LogP contribution in [0.5, 0.6) is 0 Å². The van der Waals surface area contributed by atoms with Gasteiger partial charge in [0.2, 0.25) is 11.8 Å². The molecule has 3 aromatic carbocycles. The van der Waals surface area contributed by atoms with E-state index in [1.54, 1.807) is 30.3 Å². The second kappa shape index (κ2) is 21.5. The number of methoxy groups -OCH3 is 1. The standard InChI is InChI=1S/C44H53FN4O7/c1-5-6-9-18-37(52)46-25-23-36(44(55)56-4)48-38(53)28-35(51)27-34(50)24-26-49-41(29(2)3)40(43(54)47-33-16-12-8-13-17-33)39(30-14-10-7-11-15-30)42(49)31-19-21-32(45)22-20-31/h6-17,19-22,29,34-36,50-51H,5,18,23-28H2,1-4H3,(H,46,52)(H,47,54)(H,48,53)/b9-6-/t34-,35-,36?/m1/s1. The number of para-hydroxylation sites is 1. The van der Waals surface area contributed by atoms with Gasteiger partial charge >= 0.3 is 5.97 Å². The van der Waals surface area contributed by atoms with E-state index in [1.807, 2.05) is 79.9 Å². The quantitative estimate of drug-likeness (QED) is 0.0492. The molecule has 0 aliphatic rings. The van der Waals surface area contributed by atoms with Crippen LogP contribution in [0.15, 0.2) is 97.1 Å². The monoisotopic (exact) mass is 768 g/mol. The van der Waals surface area contributed by atoms with Crippen molar-refractivity contribution < 1.29 is 38.5 Å². The molecular weight excluding hydrogens is 716 g/mol. The first-order chi connectivity index (χ1) is 26.9. The zero-order valence-electron chi connectivity index (χ0n) is 32.5. The van der Waals surface area contributed by atoms with E-state index in [-0.39, 0.29) is 62.9 Å². The molecule has 11 nitrogen and oxygen atoms in total. The highest BCUT2D eigenvalue weighted by atomic mass is 19.1. The predicted octanol–water partition coefficient (Wildman–Crippen LogP) is 6.75. The number of rotatable bonds is 20. The molecule has 56 heavy (non-hydrogen) atoms. The van der Waals surface area contributed by atoms with Crippen molar-refractivity contribution >= 4 is 29.4 Å². The molecule has 0 aliphatic carbocycles. The number of amides is 3. The molecule has 0 saturated heterocycles. The highest BCUT2D eigenvalue weighted by Crippen LogP contribution is 2.42. The van der Waals surface area contributed by atoms with Gasteiger partial charge in [0.1, 0.15) is 11.9 Å². The molecule has 0 spiro atoms. The molecule has 4 rings (SSSR count). The molecule has 3 amide bonds. The van der Waals surface area contributed by atoms with Gasteiger partial charge in [0, 0.05) is 36.5 Å². The van der Waals surface area contributed by atoms with Crippen LogP contribution in [-0.4, -0.2) is 70.4 Å². The molecule has 0 aliphatic heterocycles. The van der Waals surface area contributed by atoms with Crippen LogP contribution in [0, 0.1) is 5.82 Å². The molecule has 298 valence electrons. The molecule has 1 unspecified atom stereocenters. The Morgan fingerprint density at radius 2 is 1.50 bits per heavy atom. The lowest BCUT2D eigenvalue weighted by Gasteiger charge is -2.21. The third-order valence-electron chi connectivity index (χ3n) is 9.22. The summed E-state index contributed by atoms with van der Waals surface area (Å²) in [7, 11) is 1.19. The smallest absolute Gasteiger partial charge is 0.328 e. The zero-order valence-corrected chi connectivity index (χ0v) is 32.5. The summed E-state index contributed by atoms with van der Waals surface area (Å²) in [5.74, 6) is -2.42. The van der Waals surface area contributed by atoms with Gasteiger partial charge in [0.25, 0.3) is 5.91 Å². The Kier molecular flexibility index (Phi) is 16.6. The lowest BCUT2D eigenvalue weighted by molar-refractivity contribution is -0.145. The van der Waals surface area contributed by atoms with Crippen LogP contribution >= 0.6 is 0 Å². The third kappa shape index (κ3) is 12.2. The molecule has 0 bridgehead atoms. The predicted molar refractivity (Wildman–Crippen MR) is 215 cm³/mol. The van der Waals surface area contributed by atoms with Gasteiger partial charge < -0.3 is 35.5 Å². The average Bonchev–Trinajstić information content (AvgIpc) is 3.53. The van der Waals surface area contributed by atoms with E-state index in [2.05, 4.69) is 16.0 Å². The van der Waals surface area contributed by atoms with Crippen molar-refractivity contribution in [3.05, 3.63) is 114 Å². The number of hydrogen-bond donors (Lipinski definition) is 5. The Balaban J connectivity index is 1.55. The number of aliphatic hydroxyl groups excluding tert-OH is 2. The van der Waals surface area contributed by atoms with Crippen molar-refractivity contribution in [2.75, 3.05) is 19.0 Å². The topological polar surface area (TPSA) is 159 Å². The number of carbonyl (C=O) groups excluding carboxylic acids is 4. The second-order valence-electron chi connectivity index (χ2n) is 13.9. The fraction of sp³-hybridized carbons (Fsp3) is 0.364. The summed E-state index contributed by atoms with van der Waals surface area (Å²) in [5.41, 5.74) is 4.58. The van der Waals surface area contributed by atoms with Gasteiger partial charge in [0.15, 0.2) is 0 Å². The number of carbonyl (C=O) groups is 4. The Labute approximate surface area is 328 Å². The summed E-state index contributed by atoms with van der Waals surface area (Å²) in [6.07, 6.45) is 2.03. The van der Waals surface area contributed by atoms with Crippen LogP contribution in [-0.2, 0) is 25.7 Å². The number of benzene rings is 3. The minimum absolute atomic E-state index is 0.0855. The van der Waals surface area contributed by atoms with E-state index >= 15 is 0 Å². The lowest BCUT2D eigenvalue weighted by Crippen LogP contribution is -2.44. The number of halogens is 1. The van der Waals surface area contributed by atoms with Crippen LogP contribution in [0.1, 0.15) is 81.3 Å². The summed E-state index contributed by atoms with van der Waals surface area (Å²) >= 11 is 0. The van der Waals surface area contributed by atoms with E-state index in [0.717, 1.165) is 12.0 Å². The summed E-state index contributed by atoms with van der Waals surface area (Å²) in [4.78, 5) is 51.6. The molecule has 1 aromatic heterocycles. The molecule has 3 atom stereocenters. The molecular formula is C44H53FN4O7. The molecule has 0 radical (unpaired) electrons. The van der Waals surface area contributed by atoms with Crippen molar-refractivity contribution in [2.24, 2.45) is 0 Å². The van der Waals surface area contributed by atoms with Gasteiger partial charge in [-0.25, -0.2) is 9.18 Å². The first kappa shape index (κ1) is 43.1. The number of hydrogen-bond acceptors (Lipinski definition) is 7. The van der Waals surface area contributed by atoms with Crippen molar-refractivity contribution in [3.63, 3.8) is 0 Å². The maximum atomic E-state index is 14.3. The first-order valence-corrected chi connectivity index (χ1v) is 19.0. The molecule has 1 heterocycles. The maximum absolute atomic E-state index is 14.3. The molecule has 12 heteroatoms. The maximum Gasteiger partial charge on any atom is 0.328 e. The fourth-order valence-electron chi connectivity index (χ4n) is 6.65. The lowest BCUT2D eigenvalue weighted by atomic mass is 9.94. The summed E-state index contributed by atoms with van der Waals surface area (Å²) in [6, 6.07) is 23.6. The van der Waals surface area contributed by atoms with Gasteiger partial charge in [-0.2, -0.15) is 0 Å². The Morgan fingerprint density at radius 3 is 2.12 bits per heavy atom. The van der Waals surface area contributed by atoms with Crippen molar-refractivity contribution in [3.8, 4) is 22.4 Å². The van der Waals surface area contributed by atoms with Crippen molar-refractivity contribution in [2.45, 2.75) is 90.0 Å². The number of ether oxygens (including phenoxy) is 1. The SMILES string of the molecule is CC/C=C\CC(=O)NCCC(NC(=O)C[C@H](O)C[C@H](O)CCn1c(-c2ccc(F)cc2)c(-c2ccccc2)c(C(=O)Nc2ccccc2)c1C(C)C)C(=O)OC. The minimum Gasteiger partial charge on any atom is -0.467 e. The zero-order chi connectivity index (χ0) is 40.6. The normalized spacial score (nSPS) is 12.9. The first-order valence-electron chi connectivity index (χ1n) is 19.0. The van der Waals surface area contributed by atoms with E-state index < -0.39 is 35.9 Å². The van der Waals surface area contributed by atoms with Gasteiger partial charge in [0.05, 0.1) is 37.0 Å². The van der Waals surface area contributed by atoms with Crippen LogP contribution in [0.25, 0.3) is 22.4 Å². The van der Waals surface area contributed by atoms with E-state index in [0.29, 0.717) is 33.8 Å². The van der Waals surface area contributed by atoms with Gasteiger partial charge in [-0.1, -0.05) is 81.5 Å². The second-order valence-corrected chi connectivity index (χ2v) is 13.9. The van der Waals surface area contributed by atoms with E-state index in [9.17, 15) is 33.8 Å². The number of anilines is 1.